The van der Waals surface area contributed by atoms with Gasteiger partial charge in [0.25, 0.3) is 0 Å². The van der Waals surface area contributed by atoms with Crippen LogP contribution in [0.3, 0.4) is 0 Å². The van der Waals surface area contributed by atoms with Gasteiger partial charge in [-0.3, -0.25) is 0 Å². The van der Waals surface area contributed by atoms with E-state index in [1.165, 1.54) is 0 Å². The average Bonchev–Trinajstić information content (AvgIpc) is 2.50. The summed E-state index contributed by atoms with van der Waals surface area (Å²) in [5.74, 6) is -0.165. The summed E-state index contributed by atoms with van der Waals surface area (Å²) in [5, 5.41) is 5.01. The van der Waals surface area contributed by atoms with E-state index in [0.717, 1.165) is 23.8 Å². The van der Waals surface area contributed by atoms with Crippen LogP contribution in [0.2, 0.25) is 0 Å². The SMILES string of the molecule is CNC(CCC(C)(C)OC)c1ccc(F)c2ccccc12. The molecule has 1 unspecified atom stereocenters. The van der Waals surface area contributed by atoms with Gasteiger partial charge in [0, 0.05) is 18.5 Å². The summed E-state index contributed by atoms with van der Waals surface area (Å²) in [6, 6.07) is 11.3. The lowest BCUT2D eigenvalue weighted by molar-refractivity contribution is 0.0118. The van der Waals surface area contributed by atoms with Crippen LogP contribution in [0.4, 0.5) is 4.39 Å². The van der Waals surface area contributed by atoms with E-state index in [1.807, 2.05) is 37.4 Å². The zero-order valence-corrected chi connectivity index (χ0v) is 13.2. The van der Waals surface area contributed by atoms with Crippen LogP contribution in [0.25, 0.3) is 10.8 Å². The molecule has 0 aromatic heterocycles. The van der Waals surface area contributed by atoms with Gasteiger partial charge in [0.05, 0.1) is 5.60 Å². The summed E-state index contributed by atoms with van der Waals surface area (Å²) in [6.07, 6.45) is 1.87. The van der Waals surface area contributed by atoms with E-state index in [2.05, 4.69) is 19.2 Å². The maximum Gasteiger partial charge on any atom is 0.131 e. The minimum atomic E-state index is -0.165. The van der Waals surface area contributed by atoms with E-state index in [0.29, 0.717) is 5.39 Å². The molecular weight excluding hydrogens is 265 g/mol. The molecule has 114 valence electrons. The fraction of sp³-hybridized carbons (Fsp3) is 0.444. The Morgan fingerprint density at radius 2 is 1.81 bits per heavy atom. The summed E-state index contributed by atoms with van der Waals surface area (Å²) in [6.45, 7) is 4.17. The Bertz CT molecular complexity index is 609. The topological polar surface area (TPSA) is 21.3 Å². The van der Waals surface area contributed by atoms with Crippen molar-refractivity contribution >= 4 is 10.8 Å². The van der Waals surface area contributed by atoms with E-state index >= 15 is 0 Å². The highest BCUT2D eigenvalue weighted by molar-refractivity contribution is 5.86. The minimum Gasteiger partial charge on any atom is -0.379 e. The fourth-order valence-corrected chi connectivity index (χ4v) is 2.64. The zero-order chi connectivity index (χ0) is 15.5. The van der Waals surface area contributed by atoms with E-state index in [4.69, 9.17) is 4.74 Å². The number of hydrogen-bond acceptors (Lipinski definition) is 2. The van der Waals surface area contributed by atoms with Crippen LogP contribution in [0, 0.1) is 5.82 Å². The molecule has 1 N–H and O–H groups in total. The van der Waals surface area contributed by atoms with Crippen molar-refractivity contribution in [2.45, 2.75) is 38.3 Å². The number of halogens is 1. The Morgan fingerprint density at radius 1 is 1.14 bits per heavy atom. The number of rotatable bonds is 6. The number of ether oxygens (including phenoxy) is 1. The van der Waals surface area contributed by atoms with Crippen LogP contribution >= 0.6 is 0 Å². The number of methoxy groups -OCH3 is 1. The first kappa shape index (κ1) is 15.9. The Labute approximate surface area is 126 Å². The second-order valence-corrected chi connectivity index (χ2v) is 6.03. The van der Waals surface area contributed by atoms with Gasteiger partial charge in [-0.25, -0.2) is 4.39 Å². The van der Waals surface area contributed by atoms with E-state index < -0.39 is 0 Å². The molecule has 0 amide bonds. The molecule has 2 rings (SSSR count). The van der Waals surface area contributed by atoms with Gasteiger partial charge in [0.1, 0.15) is 5.82 Å². The Balaban J connectivity index is 2.33. The summed E-state index contributed by atoms with van der Waals surface area (Å²) in [7, 11) is 3.68. The highest BCUT2D eigenvalue weighted by Gasteiger charge is 2.21. The monoisotopic (exact) mass is 289 g/mol. The third-order valence-corrected chi connectivity index (χ3v) is 4.22. The predicted octanol–water partition coefficient (Wildman–Crippen LogP) is 4.44. The molecule has 21 heavy (non-hydrogen) atoms. The molecule has 0 heterocycles. The van der Waals surface area contributed by atoms with Gasteiger partial charge in [0.2, 0.25) is 0 Å². The van der Waals surface area contributed by atoms with Gasteiger partial charge >= 0.3 is 0 Å². The predicted molar refractivity (Wildman–Crippen MR) is 86.0 cm³/mol. The van der Waals surface area contributed by atoms with E-state index in [-0.39, 0.29) is 17.5 Å². The highest BCUT2D eigenvalue weighted by atomic mass is 19.1. The summed E-state index contributed by atoms with van der Waals surface area (Å²) < 4.78 is 19.4. The first-order valence-electron chi connectivity index (χ1n) is 7.38. The van der Waals surface area contributed by atoms with Crippen LogP contribution in [0.5, 0.6) is 0 Å². The van der Waals surface area contributed by atoms with Crippen molar-refractivity contribution < 1.29 is 9.13 Å². The van der Waals surface area contributed by atoms with Crippen molar-refractivity contribution in [2.75, 3.05) is 14.2 Å². The van der Waals surface area contributed by atoms with E-state index in [1.54, 1.807) is 13.2 Å². The number of nitrogens with one attached hydrogen (secondary N) is 1. The Kier molecular flexibility index (Phi) is 4.96. The number of benzene rings is 2. The highest BCUT2D eigenvalue weighted by Crippen LogP contribution is 2.30. The lowest BCUT2D eigenvalue weighted by atomic mass is 9.92. The van der Waals surface area contributed by atoms with Gasteiger partial charge in [-0.05, 0) is 50.8 Å². The van der Waals surface area contributed by atoms with E-state index in [9.17, 15) is 4.39 Å². The maximum atomic E-state index is 13.9. The molecule has 2 aromatic rings. The van der Waals surface area contributed by atoms with Crippen LogP contribution in [-0.4, -0.2) is 19.8 Å². The summed E-state index contributed by atoms with van der Waals surface area (Å²) in [4.78, 5) is 0. The number of fused-ring (bicyclic) bond motifs is 1. The third kappa shape index (κ3) is 3.60. The Hall–Kier alpha value is -1.45. The molecule has 0 fully saturated rings. The molecule has 0 aliphatic rings. The molecule has 0 radical (unpaired) electrons. The van der Waals surface area contributed by atoms with Gasteiger partial charge in [-0.1, -0.05) is 30.3 Å². The molecule has 0 saturated carbocycles. The maximum absolute atomic E-state index is 13.9. The molecule has 2 nitrogen and oxygen atoms in total. The summed E-state index contributed by atoms with van der Waals surface area (Å²) in [5.41, 5.74) is 0.992. The lowest BCUT2D eigenvalue weighted by Crippen LogP contribution is -2.26. The van der Waals surface area contributed by atoms with Crippen molar-refractivity contribution in [1.82, 2.24) is 5.32 Å². The van der Waals surface area contributed by atoms with Crippen LogP contribution in [0.1, 0.15) is 38.3 Å². The second kappa shape index (κ2) is 6.54. The first-order chi connectivity index (χ1) is 9.98. The smallest absolute Gasteiger partial charge is 0.131 e. The molecule has 0 aliphatic heterocycles. The second-order valence-electron chi connectivity index (χ2n) is 6.03. The standard InChI is InChI=1S/C18H24FNO/c1-18(2,21-4)12-11-17(20-3)15-9-10-16(19)14-8-6-5-7-13(14)15/h5-10,17,20H,11-12H2,1-4H3. The van der Waals surface area contributed by atoms with Gasteiger partial charge in [-0.2, -0.15) is 0 Å². The zero-order valence-electron chi connectivity index (χ0n) is 13.2. The largest absolute Gasteiger partial charge is 0.379 e. The average molecular weight is 289 g/mol. The molecule has 0 aliphatic carbocycles. The normalized spacial score (nSPS) is 13.6. The molecule has 0 saturated heterocycles. The molecule has 2 aromatic carbocycles. The van der Waals surface area contributed by atoms with Crippen LogP contribution in [-0.2, 0) is 4.74 Å². The van der Waals surface area contributed by atoms with Crippen LogP contribution in [0.15, 0.2) is 36.4 Å². The van der Waals surface area contributed by atoms with Gasteiger partial charge in [-0.15, -0.1) is 0 Å². The quantitative estimate of drug-likeness (QED) is 0.848. The fourth-order valence-electron chi connectivity index (χ4n) is 2.64. The first-order valence-corrected chi connectivity index (χ1v) is 7.38. The minimum absolute atomic E-state index is 0.148. The molecule has 0 spiro atoms. The molecule has 1 atom stereocenters. The molecule has 3 heteroatoms. The van der Waals surface area contributed by atoms with Crippen molar-refractivity contribution in [1.29, 1.82) is 0 Å². The molecule has 0 bridgehead atoms. The van der Waals surface area contributed by atoms with Gasteiger partial charge in [0.15, 0.2) is 0 Å². The van der Waals surface area contributed by atoms with Crippen molar-refractivity contribution in [3.05, 3.63) is 47.8 Å². The van der Waals surface area contributed by atoms with Gasteiger partial charge < -0.3 is 10.1 Å². The summed E-state index contributed by atoms with van der Waals surface area (Å²) >= 11 is 0. The molecular formula is C18H24FNO. The van der Waals surface area contributed by atoms with Crippen molar-refractivity contribution in [2.24, 2.45) is 0 Å². The number of hydrogen-bond donors (Lipinski definition) is 1. The van der Waals surface area contributed by atoms with Crippen molar-refractivity contribution in [3.63, 3.8) is 0 Å². The third-order valence-electron chi connectivity index (χ3n) is 4.22. The Morgan fingerprint density at radius 3 is 2.43 bits per heavy atom. The van der Waals surface area contributed by atoms with Crippen LogP contribution < -0.4 is 5.32 Å². The lowest BCUT2D eigenvalue weighted by Gasteiger charge is -2.26. The van der Waals surface area contributed by atoms with Crippen molar-refractivity contribution in [3.8, 4) is 0 Å².